The molecule has 2 rings (SSSR count). The van der Waals surface area contributed by atoms with Gasteiger partial charge in [-0.25, -0.2) is 0 Å². The van der Waals surface area contributed by atoms with Crippen molar-refractivity contribution >= 4 is 11.7 Å². The highest BCUT2D eigenvalue weighted by atomic mass is 19.4. The second kappa shape index (κ2) is 6.29. The Morgan fingerprint density at radius 1 is 1.00 bits per heavy atom. The summed E-state index contributed by atoms with van der Waals surface area (Å²) in [5, 5.41) is 2.15. The first kappa shape index (κ1) is 18.0. The third-order valence-corrected chi connectivity index (χ3v) is 3.46. The van der Waals surface area contributed by atoms with Crippen LogP contribution in [0.4, 0.5) is 26.3 Å². The van der Waals surface area contributed by atoms with Gasteiger partial charge in [0.1, 0.15) is 0 Å². The zero-order valence-corrected chi connectivity index (χ0v) is 12.0. The van der Waals surface area contributed by atoms with E-state index in [1.807, 2.05) is 0 Å². The van der Waals surface area contributed by atoms with E-state index < -0.39 is 48.4 Å². The van der Waals surface area contributed by atoms with Gasteiger partial charge in [0.05, 0.1) is 11.5 Å². The number of benzene rings is 1. The topological polar surface area (TPSA) is 46.2 Å². The summed E-state index contributed by atoms with van der Waals surface area (Å²) in [7, 11) is 0. The van der Waals surface area contributed by atoms with Crippen molar-refractivity contribution in [2.24, 2.45) is 5.92 Å². The largest absolute Gasteiger partial charge is 0.416 e. The van der Waals surface area contributed by atoms with Gasteiger partial charge >= 0.3 is 12.4 Å². The molecule has 0 aromatic heterocycles. The predicted octanol–water partition coefficient (Wildman–Crippen LogP) is 3.86. The molecule has 0 spiro atoms. The third kappa shape index (κ3) is 4.36. The predicted molar refractivity (Wildman–Crippen MR) is 70.8 cm³/mol. The molecule has 0 heterocycles. The molecule has 9 heteroatoms. The van der Waals surface area contributed by atoms with Crippen molar-refractivity contribution in [2.45, 2.75) is 25.2 Å². The molecule has 1 aromatic carbocycles. The molecule has 1 aliphatic rings. The lowest BCUT2D eigenvalue weighted by atomic mass is 9.90. The highest BCUT2D eigenvalue weighted by Gasteiger charge is 2.42. The van der Waals surface area contributed by atoms with Gasteiger partial charge in [0.15, 0.2) is 5.78 Å². The third-order valence-electron chi connectivity index (χ3n) is 3.46. The normalized spacial score (nSPS) is 19.0. The molecule has 1 aromatic rings. The van der Waals surface area contributed by atoms with Crippen molar-refractivity contribution in [2.75, 3.05) is 0 Å². The van der Waals surface area contributed by atoms with Crippen molar-refractivity contribution in [3.63, 3.8) is 0 Å². The van der Waals surface area contributed by atoms with Crippen LogP contribution < -0.4 is 5.32 Å². The molecule has 0 saturated carbocycles. The summed E-state index contributed by atoms with van der Waals surface area (Å²) in [5.74, 6) is -3.55. The summed E-state index contributed by atoms with van der Waals surface area (Å²) < 4.78 is 75.4. The second-order valence-electron chi connectivity index (χ2n) is 5.31. The van der Waals surface area contributed by atoms with Crippen molar-refractivity contribution in [1.29, 1.82) is 0 Å². The molecule has 0 saturated heterocycles. The van der Waals surface area contributed by atoms with E-state index in [4.69, 9.17) is 0 Å². The molecule has 1 N–H and O–H groups in total. The van der Waals surface area contributed by atoms with E-state index in [-0.39, 0.29) is 11.3 Å². The van der Waals surface area contributed by atoms with Gasteiger partial charge in [0.2, 0.25) is 0 Å². The van der Waals surface area contributed by atoms with Gasteiger partial charge in [0, 0.05) is 23.8 Å². The maximum atomic E-state index is 12.7. The summed E-state index contributed by atoms with van der Waals surface area (Å²) in [6.45, 7) is 0. The lowest BCUT2D eigenvalue weighted by Gasteiger charge is -2.24. The molecule has 0 bridgehead atoms. The highest BCUT2D eigenvalue weighted by Crippen LogP contribution is 2.36. The van der Waals surface area contributed by atoms with E-state index in [2.05, 4.69) is 5.32 Å². The maximum Gasteiger partial charge on any atom is 0.416 e. The first-order chi connectivity index (χ1) is 11.0. The summed E-state index contributed by atoms with van der Waals surface area (Å²) in [4.78, 5) is 23.3. The van der Waals surface area contributed by atoms with Gasteiger partial charge in [-0.1, -0.05) is 0 Å². The molecule has 130 valence electrons. The zero-order valence-electron chi connectivity index (χ0n) is 12.0. The molecule has 3 nitrogen and oxygen atoms in total. The monoisotopic (exact) mass is 351 g/mol. The zero-order chi connectivity index (χ0) is 18.1. The number of hydrogen-bond donors (Lipinski definition) is 1. The number of alkyl halides is 6. The molecule has 0 fully saturated rings. The molecule has 0 unspecified atom stereocenters. The van der Waals surface area contributed by atoms with Crippen LogP contribution >= 0.6 is 0 Å². The number of ketones is 1. The Labute approximate surface area is 132 Å². The summed E-state index contributed by atoms with van der Waals surface area (Å²) >= 11 is 0. The van der Waals surface area contributed by atoms with Crippen LogP contribution in [-0.4, -0.2) is 17.9 Å². The van der Waals surface area contributed by atoms with Crippen LogP contribution in [0.3, 0.4) is 0 Å². The maximum absolute atomic E-state index is 12.7. The molecule has 1 amide bonds. The molecule has 1 aliphatic carbocycles. The van der Waals surface area contributed by atoms with Crippen molar-refractivity contribution in [3.05, 3.63) is 47.2 Å². The molecular weight excluding hydrogens is 340 g/mol. The van der Waals surface area contributed by atoms with Gasteiger partial charge in [0.25, 0.3) is 5.91 Å². The molecular formula is C15H11F6NO2. The first-order valence-corrected chi connectivity index (χ1v) is 6.75. The molecule has 0 radical (unpaired) electrons. The van der Waals surface area contributed by atoms with E-state index in [1.165, 1.54) is 0 Å². The van der Waals surface area contributed by atoms with Crippen molar-refractivity contribution in [3.8, 4) is 0 Å². The number of carbonyl (C=O) groups is 2. The van der Waals surface area contributed by atoms with Crippen LogP contribution in [0.1, 0.15) is 28.8 Å². The Bertz CT molecular complexity index is 673. The van der Waals surface area contributed by atoms with Gasteiger partial charge in [-0.2, -0.15) is 26.3 Å². The number of nitrogens with one attached hydrogen (secondary N) is 1. The molecule has 24 heavy (non-hydrogen) atoms. The Balaban J connectivity index is 2.10. The molecule has 1 atom stereocenters. The number of rotatable bonds is 2. The molecule has 0 aliphatic heterocycles. The minimum Gasteiger partial charge on any atom is -0.326 e. The fourth-order valence-electron chi connectivity index (χ4n) is 2.24. The summed E-state index contributed by atoms with van der Waals surface area (Å²) in [5.41, 5.74) is -1.33. The van der Waals surface area contributed by atoms with E-state index in [1.54, 1.807) is 0 Å². The van der Waals surface area contributed by atoms with E-state index >= 15 is 0 Å². The standard InChI is InChI=1S/C15H11F6NO2/c16-14(17,18)9-3-1-8(2-4-9)13(24)22-11-5-10(15(19,20)21)6-12(23)7-11/h1-4,7,10H,5-6H2,(H,22,24)/t10-/m0/s1. The smallest absolute Gasteiger partial charge is 0.326 e. The minimum atomic E-state index is -4.58. The number of amides is 1. The Hall–Kier alpha value is -2.32. The lowest BCUT2D eigenvalue weighted by molar-refractivity contribution is -0.178. The Morgan fingerprint density at radius 2 is 1.58 bits per heavy atom. The van der Waals surface area contributed by atoms with Crippen LogP contribution in [0.5, 0.6) is 0 Å². The van der Waals surface area contributed by atoms with Crippen LogP contribution in [0.25, 0.3) is 0 Å². The average molecular weight is 351 g/mol. The van der Waals surface area contributed by atoms with Crippen LogP contribution in [0.15, 0.2) is 36.0 Å². The van der Waals surface area contributed by atoms with Gasteiger partial charge in [-0.3, -0.25) is 9.59 Å². The Kier molecular flexibility index (Phi) is 4.73. The Morgan fingerprint density at radius 3 is 2.08 bits per heavy atom. The SMILES string of the molecule is O=C1C=C(NC(=O)c2ccc(C(F)(F)F)cc2)C[C@H](C(F)(F)F)C1. The van der Waals surface area contributed by atoms with E-state index in [9.17, 15) is 35.9 Å². The van der Waals surface area contributed by atoms with E-state index in [0.29, 0.717) is 12.1 Å². The lowest BCUT2D eigenvalue weighted by Crippen LogP contribution is -2.33. The van der Waals surface area contributed by atoms with Crippen LogP contribution in [0.2, 0.25) is 0 Å². The van der Waals surface area contributed by atoms with E-state index in [0.717, 1.165) is 18.2 Å². The van der Waals surface area contributed by atoms with Crippen molar-refractivity contribution in [1.82, 2.24) is 5.32 Å². The number of allylic oxidation sites excluding steroid dienone is 2. The fourth-order valence-corrected chi connectivity index (χ4v) is 2.24. The van der Waals surface area contributed by atoms with Gasteiger partial charge in [-0.05, 0) is 30.7 Å². The average Bonchev–Trinajstić information content (AvgIpc) is 2.45. The number of carbonyl (C=O) groups excluding carboxylic acids is 2. The van der Waals surface area contributed by atoms with Crippen molar-refractivity contribution < 1.29 is 35.9 Å². The highest BCUT2D eigenvalue weighted by molar-refractivity contribution is 5.97. The summed E-state index contributed by atoms with van der Waals surface area (Å²) in [6.07, 6.45) is -9.49. The number of hydrogen-bond acceptors (Lipinski definition) is 2. The summed E-state index contributed by atoms with van der Waals surface area (Å²) in [6, 6.07) is 3.19. The number of halogens is 6. The van der Waals surface area contributed by atoms with Gasteiger partial charge < -0.3 is 5.32 Å². The quantitative estimate of drug-likeness (QED) is 0.823. The van der Waals surface area contributed by atoms with Crippen LogP contribution in [0, 0.1) is 5.92 Å². The van der Waals surface area contributed by atoms with Crippen LogP contribution in [-0.2, 0) is 11.0 Å². The fraction of sp³-hybridized carbons (Fsp3) is 0.333. The minimum absolute atomic E-state index is 0.162. The second-order valence-corrected chi connectivity index (χ2v) is 5.31. The van der Waals surface area contributed by atoms with Gasteiger partial charge in [-0.15, -0.1) is 0 Å². The first-order valence-electron chi connectivity index (χ1n) is 6.75.